The van der Waals surface area contributed by atoms with Gasteiger partial charge in [-0.25, -0.2) is 0 Å². The Kier molecular flexibility index (Phi) is 6.90. The molecule has 0 saturated carbocycles. The Labute approximate surface area is 101 Å². The molecule has 0 unspecified atom stereocenters. The van der Waals surface area contributed by atoms with Crippen molar-refractivity contribution in [2.75, 3.05) is 13.2 Å². The van der Waals surface area contributed by atoms with E-state index in [2.05, 4.69) is 29.4 Å². The molecular weight excluding hydrogens is 284 g/mol. The standard InChI is InChI=1S/C9H20BrClO2Si/c1-9(2,13-10)8-12-6-5-7-14(3,4)11/h5-8H2,1-4H3. The van der Waals surface area contributed by atoms with Gasteiger partial charge in [-0.1, -0.05) is 13.1 Å². The number of ether oxygens (including phenoxy) is 1. The molecule has 86 valence electrons. The second-order valence-corrected chi connectivity index (χ2v) is 12.0. The number of halogens is 2. The van der Waals surface area contributed by atoms with Gasteiger partial charge < -0.3 is 4.74 Å². The van der Waals surface area contributed by atoms with Gasteiger partial charge in [-0.15, -0.1) is 0 Å². The molecule has 0 rings (SSSR count). The van der Waals surface area contributed by atoms with Gasteiger partial charge in [0, 0.05) is 6.61 Å². The summed E-state index contributed by atoms with van der Waals surface area (Å²) in [4.78, 5) is 0. The van der Waals surface area contributed by atoms with Crippen LogP contribution in [0, 0.1) is 0 Å². The van der Waals surface area contributed by atoms with E-state index in [0.717, 1.165) is 19.1 Å². The van der Waals surface area contributed by atoms with Crippen molar-refractivity contribution in [1.82, 2.24) is 0 Å². The summed E-state index contributed by atoms with van der Waals surface area (Å²) in [7, 11) is -1.41. The lowest BCUT2D eigenvalue weighted by Crippen LogP contribution is -2.27. The van der Waals surface area contributed by atoms with Crippen LogP contribution in [-0.2, 0) is 8.57 Å². The van der Waals surface area contributed by atoms with Crippen LogP contribution in [0.15, 0.2) is 0 Å². The Morgan fingerprint density at radius 3 is 2.36 bits per heavy atom. The number of rotatable bonds is 7. The summed E-state index contributed by atoms with van der Waals surface area (Å²) in [6, 6.07) is 1.10. The summed E-state index contributed by atoms with van der Waals surface area (Å²) in [6.07, 6.45) is 1.04. The van der Waals surface area contributed by atoms with Gasteiger partial charge in [0.2, 0.25) is 0 Å². The van der Waals surface area contributed by atoms with E-state index in [1.165, 1.54) is 0 Å². The maximum absolute atomic E-state index is 6.18. The van der Waals surface area contributed by atoms with Crippen LogP contribution >= 0.6 is 27.3 Å². The number of hydrogen-bond donors (Lipinski definition) is 0. The molecular formula is C9H20BrClO2Si. The molecule has 5 heteroatoms. The maximum atomic E-state index is 6.18. The van der Waals surface area contributed by atoms with Crippen LogP contribution in [0.3, 0.4) is 0 Å². The normalized spacial score (nSPS) is 13.3. The summed E-state index contributed by atoms with van der Waals surface area (Å²) in [5.41, 5.74) is -0.256. The Morgan fingerprint density at radius 2 is 1.93 bits per heavy atom. The molecule has 0 aromatic carbocycles. The highest BCUT2D eigenvalue weighted by atomic mass is 79.9. The molecule has 0 N–H and O–H groups in total. The van der Waals surface area contributed by atoms with Crippen LogP contribution in [0.1, 0.15) is 20.3 Å². The predicted octanol–water partition coefficient (Wildman–Crippen LogP) is 3.94. The van der Waals surface area contributed by atoms with Crippen LogP contribution < -0.4 is 0 Å². The zero-order valence-corrected chi connectivity index (χ0v) is 12.7. The van der Waals surface area contributed by atoms with E-state index in [1.807, 2.05) is 13.8 Å². The highest BCUT2D eigenvalue weighted by molar-refractivity contribution is 9.06. The minimum absolute atomic E-state index is 0.256. The Balaban J connectivity index is 3.39. The smallest absolute Gasteiger partial charge is 0.150 e. The van der Waals surface area contributed by atoms with Crippen molar-refractivity contribution >= 4 is 34.7 Å². The minimum Gasteiger partial charge on any atom is -0.378 e. The van der Waals surface area contributed by atoms with Gasteiger partial charge in [0.1, 0.15) is 5.60 Å². The summed E-state index contributed by atoms with van der Waals surface area (Å²) >= 11 is 9.16. The number of hydrogen-bond acceptors (Lipinski definition) is 2. The molecule has 0 aromatic heterocycles. The van der Waals surface area contributed by atoms with Gasteiger partial charge in [0.25, 0.3) is 0 Å². The van der Waals surface area contributed by atoms with Crippen molar-refractivity contribution < 1.29 is 8.57 Å². The molecule has 0 spiro atoms. The van der Waals surface area contributed by atoms with Crippen LogP contribution in [-0.4, -0.2) is 26.2 Å². The van der Waals surface area contributed by atoms with E-state index in [0.29, 0.717) is 6.61 Å². The first-order chi connectivity index (χ1) is 6.27. The average Bonchev–Trinajstić information content (AvgIpc) is 2.01. The van der Waals surface area contributed by atoms with Crippen LogP contribution in [0.25, 0.3) is 0 Å². The SMILES string of the molecule is CC(C)(COCCC[Si](C)(C)Cl)OBr. The molecule has 0 saturated heterocycles. The molecule has 0 atom stereocenters. The minimum atomic E-state index is -1.41. The highest BCUT2D eigenvalue weighted by Crippen LogP contribution is 2.17. The topological polar surface area (TPSA) is 18.5 Å². The van der Waals surface area contributed by atoms with Crippen molar-refractivity contribution in [2.24, 2.45) is 0 Å². The van der Waals surface area contributed by atoms with Gasteiger partial charge in [-0.05, 0) is 26.3 Å². The zero-order chi connectivity index (χ0) is 11.2. The fraction of sp³-hybridized carbons (Fsp3) is 1.00. The lowest BCUT2D eigenvalue weighted by molar-refractivity contribution is 0.0147. The second-order valence-electron chi connectivity index (χ2n) is 4.71. The van der Waals surface area contributed by atoms with E-state index in [4.69, 9.17) is 19.6 Å². The molecule has 2 nitrogen and oxygen atoms in total. The van der Waals surface area contributed by atoms with E-state index < -0.39 is 7.38 Å². The van der Waals surface area contributed by atoms with E-state index in [9.17, 15) is 0 Å². The third-order valence-corrected chi connectivity index (χ3v) is 4.70. The van der Waals surface area contributed by atoms with Crippen LogP contribution in [0.5, 0.6) is 0 Å². The summed E-state index contributed by atoms with van der Waals surface area (Å²) < 4.78 is 10.5. The van der Waals surface area contributed by atoms with Gasteiger partial charge in [-0.2, -0.15) is 11.1 Å². The van der Waals surface area contributed by atoms with Crippen molar-refractivity contribution in [2.45, 2.75) is 45.0 Å². The van der Waals surface area contributed by atoms with Gasteiger partial charge in [-0.3, -0.25) is 3.83 Å². The first-order valence-corrected chi connectivity index (χ1v) is 9.70. The van der Waals surface area contributed by atoms with Crippen molar-refractivity contribution in [3.8, 4) is 0 Å². The third-order valence-electron chi connectivity index (χ3n) is 1.72. The lowest BCUT2D eigenvalue weighted by atomic mass is 10.2. The maximum Gasteiger partial charge on any atom is 0.150 e. The molecule has 0 fully saturated rings. The molecule has 0 aromatic rings. The molecule has 0 amide bonds. The van der Waals surface area contributed by atoms with Gasteiger partial charge in [0.05, 0.1) is 22.9 Å². The van der Waals surface area contributed by atoms with Gasteiger partial charge in [0.15, 0.2) is 7.38 Å². The van der Waals surface area contributed by atoms with Crippen molar-refractivity contribution in [1.29, 1.82) is 0 Å². The second kappa shape index (κ2) is 6.48. The molecule has 14 heavy (non-hydrogen) atoms. The van der Waals surface area contributed by atoms with Gasteiger partial charge >= 0.3 is 0 Å². The molecule has 0 aliphatic heterocycles. The van der Waals surface area contributed by atoms with E-state index in [1.54, 1.807) is 0 Å². The first-order valence-electron chi connectivity index (χ1n) is 4.83. The zero-order valence-electron chi connectivity index (χ0n) is 9.40. The molecule has 0 bridgehead atoms. The highest BCUT2D eigenvalue weighted by Gasteiger charge is 2.19. The van der Waals surface area contributed by atoms with Crippen molar-refractivity contribution in [3.63, 3.8) is 0 Å². The molecule has 0 heterocycles. The molecule has 0 radical (unpaired) electrons. The Hall–Kier alpha value is 0.907. The largest absolute Gasteiger partial charge is 0.378 e. The summed E-state index contributed by atoms with van der Waals surface area (Å²) in [5, 5.41) is 0. The summed E-state index contributed by atoms with van der Waals surface area (Å²) in [6.45, 7) is 9.62. The van der Waals surface area contributed by atoms with Crippen LogP contribution in [0.4, 0.5) is 0 Å². The summed E-state index contributed by atoms with van der Waals surface area (Å²) in [5.74, 6) is 0. The lowest BCUT2D eigenvalue weighted by Gasteiger charge is -2.21. The monoisotopic (exact) mass is 302 g/mol. The molecule has 0 aliphatic rings. The average molecular weight is 304 g/mol. The Bertz CT molecular complexity index is 159. The first kappa shape index (κ1) is 14.9. The predicted molar refractivity (Wildman–Crippen MR) is 67.7 cm³/mol. The van der Waals surface area contributed by atoms with Crippen molar-refractivity contribution in [3.05, 3.63) is 0 Å². The Morgan fingerprint density at radius 1 is 1.36 bits per heavy atom. The third kappa shape index (κ3) is 9.46. The van der Waals surface area contributed by atoms with E-state index >= 15 is 0 Å². The van der Waals surface area contributed by atoms with Crippen LogP contribution in [0.2, 0.25) is 19.1 Å². The quantitative estimate of drug-likeness (QED) is 0.403. The fourth-order valence-corrected chi connectivity index (χ4v) is 2.41. The fourth-order valence-electron chi connectivity index (χ4n) is 0.935. The molecule has 0 aliphatic carbocycles. The van der Waals surface area contributed by atoms with E-state index in [-0.39, 0.29) is 5.60 Å².